The first-order chi connectivity index (χ1) is 16.8. The average Bonchev–Trinajstić information content (AvgIpc) is 2.85. The summed E-state index contributed by atoms with van der Waals surface area (Å²) >= 11 is 6.38. The molecule has 1 aliphatic rings. The van der Waals surface area contributed by atoms with Gasteiger partial charge in [0.05, 0.1) is 15.4 Å². The zero-order valence-electron chi connectivity index (χ0n) is 19.6. The van der Waals surface area contributed by atoms with Crippen molar-refractivity contribution >= 4 is 32.5 Å². The molecule has 1 aliphatic heterocycles. The van der Waals surface area contributed by atoms with E-state index >= 15 is 0 Å². The number of ether oxygens (including phenoxy) is 1. The highest BCUT2D eigenvalue weighted by molar-refractivity contribution is 7.89. The maximum absolute atomic E-state index is 13.2. The second-order valence-electron chi connectivity index (χ2n) is 8.76. The molecule has 0 bridgehead atoms. The Morgan fingerprint density at radius 3 is 2.37 bits per heavy atom. The Kier molecular flexibility index (Phi) is 6.51. The van der Waals surface area contributed by atoms with Gasteiger partial charge in [-0.25, -0.2) is 8.42 Å². The molecular formula is C27H26ClN3O3S. The van der Waals surface area contributed by atoms with Crippen LogP contribution in [-0.4, -0.2) is 55.8 Å². The highest BCUT2D eigenvalue weighted by atomic mass is 35.5. The number of hydrogen-bond donors (Lipinski definition) is 0. The third kappa shape index (κ3) is 4.77. The molecule has 1 fully saturated rings. The molecule has 0 N–H and O–H groups in total. The zero-order valence-corrected chi connectivity index (χ0v) is 21.2. The summed E-state index contributed by atoms with van der Waals surface area (Å²) in [6.07, 6.45) is 1.82. The summed E-state index contributed by atoms with van der Waals surface area (Å²) in [5.41, 5.74) is 3.78. The Bertz CT molecular complexity index is 1500. The lowest BCUT2D eigenvalue weighted by Gasteiger charge is -2.31. The molecule has 180 valence electrons. The molecule has 0 radical (unpaired) electrons. The minimum Gasteiger partial charge on any atom is -0.457 e. The molecule has 8 heteroatoms. The molecule has 5 rings (SSSR count). The summed E-state index contributed by atoms with van der Waals surface area (Å²) in [6, 6.07) is 20.2. The highest BCUT2D eigenvalue weighted by Crippen LogP contribution is 2.36. The molecule has 3 aromatic carbocycles. The minimum atomic E-state index is -3.58. The molecule has 0 aliphatic carbocycles. The third-order valence-electron chi connectivity index (χ3n) is 6.30. The lowest BCUT2D eigenvalue weighted by atomic mass is 9.97. The summed E-state index contributed by atoms with van der Waals surface area (Å²) in [5.74, 6) is 1.08. The number of rotatable bonds is 5. The maximum Gasteiger partial charge on any atom is 0.243 e. The predicted molar refractivity (Wildman–Crippen MR) is 140 cm³/mol. The molecule has 1 saturated heterocycles. The molecule has 1 aromatic heterocycles. The van der Waals surface area contributed by atoms with Crippen molar-refractivity contribution in [3.63, 3.8) is 0 Å². The van der Waals surface area contributed by atoms with Gasteiger partial charge in [0.2, 0.25) is 10.0 Å². The van der Waals surface area contributed by atoms with E-state index in [0.717, 1.165) is 40.7 Å². The van der Waals surface area contributed by atoms with Crippen LogP contribution in [0.1, 0.15) is 5.56 Å². The fraction of sp³-hybridized carbons (Fsp3) is 0.222. The number of piperazine rings is 1. The molecule has 6 nitrogen and oxygen atoms in total. The molecule has 0 spiro atoms. The number of para-hydroxylation sites is 1. The van der Waals surface area contributed by atoms with Gasteiger partial charge in [-0.3, -0.25) is 4.98 Å². The van der Waals surface area contributed by atoms with Crippen LogP contribution in [-0.2, 0) is 10.0 Å². The Labute approximate surface area is 210 Å². The summed E-state index contributed by atoms with van der Waals surface area (Å²) in [4.78, 5) is 6.87. The second kappa shape index (κ2) is 9.59. The molecule has 0 amide bonds. The topological polar surface area (TPSA) is 62.7 Å². The minimum absolute atomic E-state index is 0.237. The van der Waals surface area contributed by atoms with E-state index in [-0.39, 0.29) is 4.90 Å². The van der Waals surface area contributed by atoms with Gasteiger partial charge in [0.25, 0.3) is 0 Å². The number of fused-ring (bicyclic) bond motifs is 1. The quantitative estimate of drug-likeness (QED) is 0.352. The van der Waals surface area contributed by atoms with Gasteiger partial charge >= 0.3 is 0 Å². The fourth-order valence-corrected chi connectivity index (χ4v) is 6.08. The second-order valence-corrected chi connectivity index (χ2v) is 11.1. The Hall–Kier alpha value is -2.97. The van der Waals surface area contributed by atoms with E-state index in [0.29, 0.717) is 29.6 Å². The van der Waals surface area contributed by atoms with Crippen LogP contribution >= 0.6 is 11.6 Å². The van der Waals surface area contributed by atoms with Gasteiger partial charge in [0, 0.05) is 43.8 Å². The van der Waals surface area contributed by atoms with E-state index in [1.165, 1.54) is 4.31 Å². The van der Waals surface area contributed by atoms with Gasteiger partial charge in [0.1, 0.15) is 11.5 Å². The predicted octanol–water partition coefficient (Wildman–Crippen LogP) is 5.59. The number of nitrogens with zero attached hydrogens (tertiary/aromatic N) is 3. The monoisotopic (exact) mass is 507 g/mol. The van der Waals surface area contributed by atoms with Gasteiger partial charge in [-0.05, 0) is 61.0 Å². The van der Waals surface area contributed by atoms with Crippen molar-refractivity contribution in [1.29, 1.82) is 0 Å². The van der Waals surface area contributed by atoms with E-state index in [4.69, 9.17) is 16.3 Å². The van der Waals surface area contributed by atoms with Crippen LogP contribution in [0.3, 0.4) is 0 Å². The number of hydrogen-bond acceptors (Lipinski definition) is 5. The van der Waals surface area contributed by atoms with Crippen molar-refractivity contribution in [1.82, 2.24) is 14.2 Å². The number of aryl methyl sites for hydroxylation is 1. The van der Waals surface area contributed by atoms with Gasteiger partial charge in [0.15, 0.2) is 0 Å². The van der Waals surface area contributed by atoms with E-state index < -0.39 is 10.0 Å². The smallest absolute Gasteiger partial charge is 0.243 e. The SMILES string of the molecule is Cc1cnc2c(Cl)cccc2c1-c1cccc(Oc2cccc(S(=O)(=O)N3CCN(C)CC3)c2)c1. The van der Waals surface area contributed by atoms with Gasteiger partial charge < -0.3 is 9.64 Å². The first-order valence-corrected chi connectivity index (χ1v) is 13.3. The first-order valence-electron chi connectivity index (χ1n) is 11.4. The molecule has 35 heavy (non-hydrogen) atoms. The van der Waals surface area contributed by atoms with Crippen LogP contribution in [0, 0.1) is 6.92 Å². The summed E-state index contributed by atoms with van der Waals surface area (Å²) in [7, 11) is -1.58. The summed E-state index contributed by atoms with van der Waals surface area (Å²) in [5, 5.41) is 1.57. The highest BCUT2D eigenvalue weighted by Gasteiger charge is 2.27. The average molecular weight is 508 g/mol. The lowest BCUT2D eigenvalue weighted by Crippen LogP contribution is -2.46. The van der Waals surface area contributed by atoms with Crippen molar-refractivity contribution in [2.45, 2.75) is 11.8 Å². The van der Waals surface area contributed by atoms with Crippen molar-refractivity contribution in [3.05, 3.63) is 83.5 Å². The Morgan fingerprint density at radius 2 is 1.60 bits per heavy atom. The lowest BCUT2D eigenvalue weighted by molar-refractivity contribution is 0.222. The largest absolute Gasteiger partial charge is 0.457 e. The number of pyridine rings is 1. The zero-order chi connectivity index (χ0) is 24.6. The van der Waals surface area contributed by atoms with Gasteiger partial charge in [-0.15, -0.1) is 0 Å². The van der Waals surface area contributed by atoms with Crippen molar-refractivity contribution < 1.29 is 13.2 Å². The Morgan fingerprint density at radius 1 is 0.914 bits per heavy atom. The number of likely N-dealkylation sites (N-methyl/N-ethyl adjacent to an activating group) is 1. The van der Waals surface area contributed by atoms with E-state index in [2.05, 4.69) is 9.88 Å². The van der Waals surface area contributed by atoms with Crippen molar-refractivity contribution in [2.24, 2.45) is 0 Å². The van der Waals surface area contributed by atoms with Crippen molar-refractivity contribution in [3.8, 4) is 22.6 Å². The number of halogens is 1. The third-order valence-corrected chi connectivity index (χ3v) is 8.50. The van der Waals surface area contributed by atoms with Crippen LogP contribution in [0.4, 0.5) is 0 Å². The normalized spacial score (nSPS) is 15.4. The van der Waals surface area contributed by atoms with Crippen molar-refractivity contribution in [2.75, 3.05) is 33.2 Å². The number of benzene rings is 3. The Balaban J connectivity index is 1.45. The molecular weight excluding hydrogens is 482 g/mol. The standard InChI is InChI=1S/C27H26ClN3O3S/c1-19-18-29-27-24(10-5-11-25(27)28)26(19)20-6-3-7-21(16-20)34-22-8-4-9-23(17-22)35(32,33)31-14-12-30(2)13-15-31/h3-11,16-18H,12-15H2,1-2H3. The van der Waals surface area contributed by atoms with Gasteiger partial charge in [-0.1, -0.05) is 41.9 Å². The molecule has 2 heterocycles. The van der Waals surface area contributed by atoms with Crippen LogP contribution < -0.4 is 4.74 Å². The number of sulfonamides is 1. The molecule has 0 atom stereocenters. The van der Waals surface area contributed by atoms with Gasteiger partial charge in [-0.2, -0.15) is 4.31 Å². The van der Waals surface area contributed by atoms with Crippen LogP contribution in [0.25, 0.3) is 22.0 Å². The molecule has 0 saturated carbocycles. The van der Waals surface area contributed by atoms with Crippen LogP contribution in [0.5, 0.6) is 11.5 Å². The number of aromatic nitrogens is 1. The summed E-state index contributed by atoms with van der Waals surface area (Å²) in [6.45, 7) is 4.42. The van der Waals surface area contributed by atoms with E-state index in [9.17, 15) is 8.42 Å². The van der Waals surface area contributed by atoms with E-state index in [1.54, 1.807) is 24.3 Å². The van der Waals surface area contributed by atoms with E-state index in [1.807, 2.05) is 62.6 Å². The van der Waals surface area contributed by atoms with Crippen LogP contribution in [0.2, 0.25) is 5.02 Å². The fourth-order valence-electron chi connectivity index (χ4n) is 4.40. The molecule has 0 unspecified atom stereocenters. The molecule has 4 aromatic rings. The van der Waals surface area contributed by atoms with Crippen LogP contribution in [0.15, 0.2) is 77.8 Å². The summed E-state index contributed by atoms with van der Waals surface area (Å²) < 4.78 is 34.0. The first kappa shape index (κ1) is 23.8. The maximum atomic E-state index is 13.2.